The number of carbonyl (C=O) groups excluding carboxylic acids is 1. The number of rotatable bonds is 4. The van der Waals surface area contributed by atoms with E-state index in [1.807, 2.05) is 24.3 Å². The highest BCUT2D eigenvalue weighted by Crippen LogP contribution is 2.21. The third kappa shape index (κ3) is 3.77. The quantitative estimate of drug-likeness (QED) is 0.809. The highest BCUT2D eigenvalue weighted by molar-refractivity contribution is 5.89. The van der Waals surface area contributed by atoms with Gasteiger partial charge in [-0.05, 0) is 36.2 Å². The summed E-state index contributed by atoms with van der Waals surface area (Å²) in [5, 5.41) is 0. The van der Waals surface area contributed by atoms with Crippen molar-refractivity contribution in [2.45, 2.75) is 13.5 Å². The summed E-state index contributed by atoms with van der Waals surface area (Å²) in [5.41, 5.74) is 4.52. The number of anilines is 1. The van der Waals surface area contributed by atoms with Crippen molar-refractivity contribution < 1.29 is 9.53 Å². The molecule has 4 nitrogen and oxygen atoms in total. The first kappa shape index (κ1) is 16.5. The van der Waals surface area contributed by atoms with Gasteiger partial charge in [-0.15, -0.1) is 0 Å². The van der Waals surface area contributed by atoms with E-state index in [1.54, 1.807) is 0 Å². The number of carbonyl (C=O) groups is 1. The summed E-state index contributed by atoms with van der Waals surface area (Å²) in [6.07, 6.45) is 0. The SMILES string of the molecule is COC(=O)c1ccc(CN2CCN(c3ccccc3C)CC2)cc1. The van der Waals surface area contributed by atoms with E-state index in [-0.39, 0.29) is 5.97 Å². The Morgan fingerprint density at radius 2 is 1.67 bits per heavy atom. The summed E-state index contributed by atoms with van der Waals surface area (Å²) >= 11 is 0. The normalized spacial score (nSPS) is 15.3. The summed E-state index contributed by atoms with van der Waals surface area (Å²) in [6.45, 7) is 7.28. The lowest BCUT2D eigenvalue weighted by Gasteiger charge is -2.36. The lowest BCUT2D eigenvalue weighted by atomic mass is 10.1. The topological polar surface area (TPSA) is 32.8 Å². The molecule has 126 valence electrons. The third-order valence-corrected chi connectivity index (χ3v) is 4.61. The molecule has 0 spiro atoms. The molecule has 3 rings (SSSR count). The maximum absolute atomic E-state index is 11.5. The molecular weight excluding hydrogens is 300 g/mol. The van der Waals surface area contributed by atoms with E-state index in [2.05, 4.69) is 41.0 Å². The van der Waals surface area contributed by atoms with Crippen LogP contribution < -0.4 is 4.90 Å². The number of hydrogen-bond donors (Lipinski definition) is 0. The summed E-state index contributed by atoms with van der Waals surface area (Å²) in [6, 6.07) is 16.3. The molecule has 1 aliphatic rings. The van der Waals surface area contributed by atoms with Gasteiger partial charge in [0.05, 0.1) is 12.7 Å². The number of esters is 1. The zero-order valence-electron chi connectivity index (χ0n) is 14.4. The average molecular weight is 324 g/mol. The molecule has 1 heterocycles. The molecule has 0 N–H and O–H groups in total. The standard InChI is InChI=1S/C20H24N2O2/c1-16-5-3-4-6-19(16)22-13-11-21(12-14-22)15-17-7-9-18(10-8-17)20(23)24-2/h3-10H,11-15H2,1-2H3. The van der Waals surface area contributed by atoms with Crippen LogP contribution in [0.2, 0.25) is 0 Å². The van der Waals surface area contributed by atoms with Crippen LogP contribution in [0.5, 0.6) is 0 Å². The minimum atomic E-state index is -0.284. The maximum Gasteiger partial charge on any atom is 0.337 e. The van der Waals surface area contributed by atoms with Gasteiger partial charge >= 0.3 is 5.97 Å². The fraction of sp³-hybridized carbons (Fsp3) is 0.350. The molecule has 0 saturated carbocycles. The maximum atomic E-state index is 11.5. The summed E-state index contributed by atoms with van der Waals surface area (Å²) < 4.78 is 4.73. The Labute approximate surface area is 143 Å². The molecule has 1 saturated heterocycles. The minimum absolute atomic E-state index is 0.284. The molecule has 0 aliphatic carbocycles. The van der Waals surface area contributed by atoms with Gasteiger partial charge in [0.1, 0.15) is 0 Å². The van der Waals surface area contributed by atoms with Gasteiger partial charge in [-0.25, -0.2) is 4.79 Å². The predicted octanol–water partition coefficient (Wildman–Crippen LogP) is 3.10. The van der Waals surface area contributed by atoms with Crippen LogP contribution in [0, 0.1) is 6.92 Å². The van der Waals surface area contributed by atoms with Gasteiger partial charge in [-0.3, -0.25) is 4.90 Å². The first-order valence-electron chi connectivity index (χ1n) is 8.37. The fourth-order valence-electron chi connectivity index (χ4n) is 3.19. The van der Waals surface area contributed by atoms with E-state index >= 15 is 0 Å². The Morgan fingerprint density at radius 1 is 1.00 bits per heavy atom. The molecule has 0 aromatic heterocycles. The van der Waals surface area contributed by atoms with Crippen LogP contribution in [0.15, 0.2) is 48.5 Å². The zero-order valence-corrected chi connectivity index (χ0v) is 14.4. The Balaban J connectivity index is 1.56. The van der Waals surface area contributed by atoms with E-state index in [9.17, 15) is 4.79 Å². The van der Waals surface area contributed by atoms with Crippen molar-refractivity contribution >= 4 is 11.7 Å². The van der Waals surface area contributed by atoms with Gasteiger partial charge in [-0.2, -0.15) is 0 Å². The number of ether oxygens (including phenoxy) is 1. The van der Waals surface area contributed by atoms with Crippen LogP contribution in [-0.4, -0.2) is 44.2 Å². The number of benzene rings is 2. The van der Waals surface area contributed by atoms with Crippen molar-refractivity contribution in [3.63, 3.8) is 0 Å². The molecule has 24 heavy (non-hydrogen) atoms. The largest absolute Gasteiger partial charge is 0.465 e. The molecule has 0 radical (unpaired) electrons. The molecule has 0 bridgehead atoms. The van der Waals surface area contributed by atoms with Gasteiger partial charge in [0.2, 0.25) is 0 Å². The van der Waals surface area contributed by atoms with Crippen LogP contribution in [0.4, 0.5) is 5.69 Å². The fourth-order valence-corrected chi connectivity index (χ4v) is 3.19. The molecule has 0 unspecified atom stereocenters. The van der Waals surface area contributed by atoms with Crippen molar-refractivity contribution in [2.24, 2.45) is 0 Å². The van der Waals surface area contributed by atoms with Crippen LogP contribution in [0.3, 0.4) is 0 Å². The van der Waals surface area contributed by atoms with Crippen LogP contribution >= 0.6 is 0 Å². The second-order valence-corrected chi connectivity index (χ2v) is 6.24. The van der Waals surface area contributed by atoms with Crippen molar-refractivity contribution in [1.29, 1.82) is 0 Å². The molecule has 0 atom stereocenters. The van der Waals surface area contributed by atoms with Gasteiger partial charge < -0.3 is 9.64 Å². The second-order valence-electron chi connectivity index (χ2n) is 6.24. The summed E-state index contributed by atoms with van der Waals surface area (Å²) in [5.74, 6) is -0.284. The van der Waals surface area contributed by atoms with E-state index in [4.69, 9.17) is 4.74 Å². The molecule has 0 amide bonds. The smallest absolute Gasteiger partial charge is 0.337 e. The first-order valence-corrected chi connectivity index (χ1v) is 8.37. The van der Waals surface area contributed by atoms with E-state index in [0.29, 0.717) is 5.56 Å². The number of piperazine rings is 1. The highest BCUT2D eigenvalue weighted by atomic mass is 16.5. The Hall–Kier alpha value is -2.33. The molecular formula is C20H24N2O2. The predicted molar refractivity (Wildman–Crippen MR) is 96.5 cm³/mol. The molecule has 1 fully saturated rings. The van der Waals surface area contributed by atoms with Crippen molar-refractivity contribution in [2.75, 3.05) is 38.2 Å². The third-order valence-electron chi connectivity index (χ3n) is 4.61. The Bertz CT molecular complexity index is 689. The highest BCUT2D eigenvalue weighted by Gasteiger charge is 2.18. The van der Waals surface area contributed by atoms with E-state index < -0.39 is 0 Å². The monoisotopic (exact) mass is 324 g/mol. The average Bonchev–Trinajstić information content (AvgIpc) is 2.63. The number of hydrogen-bond acceptors (Lipinski definition) is 4. The molecule has 4 heteroatoms. The number of para-hydroxylation sites is 1. The van der Waals surface area contributed by atoms with Crippen molar-refractivity contribution in [1.82, 2.24) is 4.90 Å². The van der Waals surface area contributed by atoms with Crippen LogP contribution in [0.1, 0.15) is 21.5 Å². The zero-order chi connectivity index (χ0) is 16.9. The van der Waals surface area contributed by atoms with E-state index in [0.717, 1.165) is 32.7 Å². The minimum Gasteiger partial charge on any atom is -0.465 e. The summed E-state index contributed by atoms with van der Waals surface area (Å²) in [4.78, 5) is 16.4. The van der Waals surface area contributed by atoms with Crippen molar-refractivity contribution in [3.8, 4) is 0 Å². The Kier molecular flexibility index (Phi) is 5.16. The van der Waals surface area contributed by atoms with Gasteiger partial charge in [0, 0.05) is 38.4 Å². The lowest BCUT2D eigenvalue weighted by molar-refractivity contribution is 0.0600. The van der Waals surface area contributed by atoms with Crippen molar-refractivity contribution in [3.05, 3.63) is 65.2 Å². The van der Waals surface area contributed by atoms with E-state index in [1.165, 1.54) is 23.9 Å². The van der Waals surface area contributed by atoms with Crippen LogP contribution in [-0.2, 0) is 11.3 Å². The number of nitrogens with zero attached hydrogens (tertiary/aromatic N) is 2. The number of methoxy groups -OCH3 is 1. The molecule has 2 aromatic rings. The second kappa shape index (κ2) is 7.49. The molecule has 2 aromatic carbocycles. The lowest BCUT2D eigenvalue weighted by Crippen LogP contribution is -2.46. The first-order chi connectivity index (χ1) is 11.7. The van der Waals surface area contributed by atoms with Crippen LogP contribution in [0.25, 0.3) is 0 Å². The van der Waals surface area contributed by atoms with Gasteiger partial charge in [0.15, 0.2) is 0 Å². The number of aryl methyl sites for hydroxylation is 1. The Morgan fingerprint density at radius 3 is 2.29 bits per heavy atom. The van der Waals surface area contributed by atoms with Gasteiger partial charge in [0.25, 0.3) is 0 Å². The molecule has 1 aliphatic heterocycles. The summed E-state index contributed by atoms with van der Waals surface area (Å²) in [7, 11) is 1.41. The van der Waals surface area contributed by atoms with Gasteiger partial charge in [-0.1, -0.05) is 30.3 Å².